The van der Waals surface area contributed by atoms with Gasteiger partial charge in [0.25, 0.3) is 0 Å². The molecule has 0 spiro atoms. The normalized spacial score (nSPS) is 40.9. The lowest BCUT2D eigenvalue weighted by Crippen LogP contribution is -2.28. The molecule has 1 heterocycles. The molecule has 0 amide bonds. The zero-order chi connectivity index (χ0) is 6.15. The van der Waals surface area contributed by atoms with Gasteiger partial charge in [0.1, 0.15) is 0 Å². The van der Waals surface area contributed by atoms with Crippen molar-refractivity contribution in [3.8, 4) is 0 Å². The van der Waals surface area contributed by atoms with E-state index < -0.39 is 0 Å². The maximum Gasteiger partial charge on any atom is 0.0707 e. The van der Waals surface area contributed by atoms with Gasteiger partial charge in [0.2, 0.25) is 0 Å². The molecule has 1 saturated heterocycles. The highest BCUT2D eigenvalue weighted by molar-refractivity contribution is 4.85. The van der Waals surface area contributed by atoms with Gasteiger partial charge in [-0.25, -0.2) is 0 Å². The van der Waals surface area contributed by atoms with Crippen molar-refractivity contribution in [1.29, 1.82) is 0 Å². The van der Waals surface area contributed by atoms with Crippen LogP contribution in [0.2, 0.25) is 0 Å². The second kappa shape index (κ2) is 2.03. The average molecular weight is 114 g/mol. The van der Waals surface area contributed by atoms with Gasteiger partial charge in [-0.2, -0.15) is 0 Å². The van der Waals surface area contributed by atoms with E-state index in [1.807, 2.05) is 7.05 Å². The molecule has 1 aliphatic heterocycles. The van der Waals surface area contributed by atoms with Gasteiger partial charge in [-0.3, -0.25) is 0 Å². The number of rotatable bonds is 0. The Bertz CT molecular complexity index is 74.6. The summed E-state index contributed by atoms with van der Waals surface area (Å²) >= 11 is 0. The molecule has 0 aromatic heterocycles. The number of hydrogen-bond donors (Lipinski definition) is 1. The Kier molecular flexibility index (Phi) is 1.54. The molecule has 0 bridgehead atoms. The fourth-order valence-electron chi connectivity index (χ4n) is 0.988. The van der Waals surface area contributed by atoms with Crippen LogP contribution in [0.3, 0.4) is 0 Å². The van der Waals surface area contributed by atoms with Crippen molar-refractivity contribution in [3.63, 3.8) is 0 Å². The van der Waals surface area contributed by atoms with E-state index in [0.717, 1.165) is 13.0 Å². The zero-order valence-electron chi connectivity index (χ0n) is 5.17. The van der Waals surface area contributed by atoms with E-state index in [0.29, 0.717) is 0 Å². The maximum absolute atomic E-state index is 9.06. The summed E-state index contributed by atoms with van der Waals surface area (Å²) in [6, 6.07) is 0.120. The zero-order valence-corrected chi connectivity index (χ0v) is 5.17. The second-order valence-electron chi connectivity index (χ2n) is 2.40. The summed E-state index contributed by atoms with van der Waals surface area (Å²) in [6.07, 6.45) is 0.685. The molecule has 0 saturated carbocycles. The summed E-state index contributed by atoms with van der Waals surface area (Å²) in [4.78, 5) is 2.06. The number of likely N-dealkylation sites (N-methyl/N-ethyl adjacent to an activating group) is 1. The first-order valence-electron chi connectivity index (χ1n) is 2.93. The summed E-state index contributed by atoms with van der Waals surface area (Å²) in [6.45, 7) is 4.76. The van der Waals surface area contributed by atoms with Crippen LogP contribution in [0.15, 0.2) is 0 Å². The number of hydrogen-bond acceptors (Lipinski definition) is 2. The van der Waals surface area contributed by atoms with Crippen molar-refractivity contribution >= 4 is 0 Å². The summed E-state index contributed by atoms with van der Waals surface area (Å²) in [5, 5.41) is 9.06. The molecule has 0 aliphatic carbocycles. The molecule has 2 heteroatoms. The Hall–Kier alpha value is -0.0800. The minimum absolute atomic E-state index is 0.120. The molecule has 0 aromatic rings. The van der Waals surface area contributed by atoms with Crippen LogP contribution < -0.4 is 0 Å². The van der Waals surface area contributed by atoms with Crippen LogP contribution in [0.25, 0.3) is 0 Å². The smallest absolute Gasteiger partial charge is 0.0707 e. The molecule has 1 fully saturated rings. The van der Waals surface area contributed by atoms with E-state index in [-0.39, 0.29) is 12.1 Å². The van der Waals surface area contributed by atoms with Crippen LogP contribution in [-0.2, 0) is 0 Å². The Labute approximate surface area is 50.1 Å². The first-order chi connectivity index (χ1) is 3.72. The summed E-state index contributed by atoms with van der Waals surface area (Å²) in [7, 11) is 1.98. The number of nitrogens with zero attached hydrogens (tertiary/aromatic N) is 1. The minimum Gasteiger partial charge on any atom is -0.391 e. The van der Waals surface area contributed by atoms with Crippen LogP contribution in [0, 0.1) is 6.92 Å². The largest absolute Gasteiger partial charge is 0.391 e. The van der Waals surface area contributed by atoms with Crippen molar-refractivity contribution < 1.29 is 5.11 Å². The fourth-order valence-corrected chi connectivity index (χ4v) is 0.988. The Morgan fingerprint density at radius 3 is 2.50 bits per heavy atom. The highest BCUT2D eigenvalue weighted by Gasteiger charge is 2.25. The number of likely N-dealkylation sites (tertiary alicyclic amines) is 1. The van der Waals surface area contributed by atoms with Gasteiger partial charge < -0.3 is 10.0 Å². The van der Waals surface area contributed by atoms with Crippen molar-refractivity contribution in [2.45, 2.75) is 18.6 Å². The van der Waals surface area contributed by atoms with Crippen molar-refractivity contribution in [2.24, 2.45) is 0 Å². The molecule has 1 rings (SSSR count). The summed E-state index contributed by atoms with van der Waals surface area (Å²) in [5.41, 5.74) is 0. The van der Waals surface area contributed by atoms with E-state index in [2.05, 4.69) is 11.8 Å². The highest BCUT2D eigenvalue weighted by Crippen LogP contribution is 2.13. The van der Waals surface area contributed by atoms with E-state index in [1.54, 1.807) is 0 Å². The molecule has 2 nitrogen and oxygen atoms in total. The third kappa shape index (κ3) is 0.858. The molecular formula is C6H12NO. The van der Waals surface area contributed by atoms with Gasteiger partial charge in [-0.1, -0.05) is 0 Å². The molecule has 1 radical (unpaired) electrons. The van der Waals surface area contributed by atoms with Gasteiger partial charge in [0, 0.05) is 12.6 Å². The van der Waals surface area contributed by atoms with Gasteiger partial charge >= 0.3 is 0 Å². The van der Waals surface area contributed by atoms with Crippen LogP contribution in [0.4, 0.5) is 0 Å². The molecule has 1 N–H and O–H groups in total. The second-order valence-corrected chi connectivity index (χ2v) is 2.40. The molecule has 1 aliphatic rings. The number of aliphatic hydroxyl groups is 1. The third-order valence-corrected chi connectivity index (χ3v) is 1.79. The Balaban J connectivity index is 2.44. The van der Waals surface area contributed by atoms with E-state index in [1.165, 1.54) is 0 Å². The predicted molar refractivity (Wildman–Crippen MR) is 32.4 cm³/mol. The van der Waals surface area contributed by atoms with Crippen molar-refractivity contribution in [1.82, 2.24) is 4.90 Å². The highest BCUT2D eigenvalue weighted by atomic mass is 16.3. The minimum atomic E-state index is -0.194. The maximum atomic E-state index is 9.06. The lowest BCUT2D eigenvalue weighted by molar-refractivity contribution is 0.149. The lowest BCUT2D eigenvalue weighted by Gasteiger charge is -2.15. The number of aliphatic hydroxyl groups excluding tert-OH is 1. The van der Waals surface area contributed by atoms with Crippen LogP contribution in [0.5, 0.6) is 0 Å². The summed E-state index contributed by atoms with van der Waals surface area (Å²) in [5.74, 6) is 0. The van der Waals surface area contributed by atoms with Gasteiger partial charge in [-0.05, 0) is 20.4 Å². The first kappa shape index (κ1) is 6.05. The van der Waals surface area contributed by atoms with Crippen LogP contribution in [-0.4, -0.2) is 35.7 Å². The Morgan fingerprint density at radius 2 is 2.38 bits per heavy atom. The molecule has 2 unspecified atom stereocenters. The van der Waals surface area contributed by atoms with Gasteiger partial charge in [0.15, 0.2) is 0 Å². The quantitative estimate of drug-likeness (QED) is 0.475. The lowest BCUT2D eigenvalue weighted by atomic mass is 10.2. The van der Waals surface area contributed by atoms with E-state index in [9.17, 15) is 0 Å². The van der Waals surface area contributed by atoms with Crippen molar-refractivity contribution in [3.05, 3.63) is 6.92 Å². The average Bonchev–Trinajstić information content (AvgIpc) is 1.98. The van der Waals surface area contributed by atoms with E-state index >= 15 is 0 Å². The summed E-state index contributed by atoms with van der Waals surface area (Å²) < 4.78 is 0. The molecule has 0 aromatic carbocycles. The molecule has 2 atom stereocenters. The van der Waals surface area contributed by atoms with Crippen LogP contribution >= 0.6 is 0 Å². The van der Waals surface area contributed by atoms with E-state index in [4.69, 9.17) is 5.11 Å². The standard InChI is InChI=1S/C6H12NO/c1-5-6(8)3-4-7(5)2/h5-6,8H,1,3-4H2,2H3. The molecular weight excluding hydrogens is 102 g/mol. The first-order valence-corrected chi connectivity index (χ1v) is 2.93. The molecule has 47 valence electrons. The fraction of sp³-hybridized carbons (Fsp3) is 0.833. The topological polar surface area (TPSA) is 23.5 Å². The van der Waals surface area contributed by atoms with Crippen molar-refractivity contribution in [2.75, 3.05) is 13.6 Å². The molecule has 8 heavy (non-hydrogen) atoms. The third-order valence-electron chi connectivity index (χ3n) is 1.79. The monoisotopic (exact) mass is 114 g/mol. The van der Waals surface area contributed by atoms with Crippen LogP contribution in [0.1, 0.15) is 6.42 Å². The SMILES string of the molecule is [CH2]C1C(O)CCN1C. The predicted octanol–water partition coefficient (Wildman–Crippen LogP) is -0.115. The van der Waals surface area contributed by atoms with Gasteiger partial charge in [0.05, 0.1) is 6.10 Å². The van der Waals surface area contributed by atoms with Gasteiger partial charge in [-0.15, -0.1) is 0 Å². The Morgan fingerprint density at radius 1 is 1.75 bits per heavy atom.